The number of methoxy groups -OCH3 is 1. The minimum Gasteiger partial charge on any atom is -0.497 e. The first-order valence-corrected chi connectivity index (χ1v) is 11.4. The van der Waals surface area contributed by atoms with Gasteiger partial charge in [0.2, 0.25) is 5.91 Å². The van der Waals surface area contributed by atoms with Gasteiger partial charge in [0.1, 0.15) is 5.75 Å². The molecule has 7 nitrogen and oxygen atoms in total. The van der Waals surface area contributed by atoms with E-state index in [2.05, 4.69) is 23.0 Å². The van der Waals surface area contributed by atoms with Crippen molar-refractivity contribution < 1.29 is 19.4 Å². The van der Waals surface area contributed by atoms with Crippen molar-refractivity contribution in [3.63, 3.8) is 0 Å². The lowest BCUT2D eigenvalue weighted by molar-refractivity contribution is -0.144. The molecule has 0 saturated carbocycles. The molecule has 3 aliphatic rings. The molecule has 5 rings (SSSR count). The Kier molecular flexibility index (Phi) is 5.44. The number of aliphatic hydroxyl groups excluding tert-OH is 1. The molecule has 1 amide bonds. The van der Waals surface area contributed by atoms with E-state index in [1.807, 2.05) is 17.0 Å². The van der Waals surface area contributed by atoms with Crippen LogP contribution in [0.25, 0.3) is 10.9 Å². The fourth-order valence-electron chi connectivity index (χ4n) is 5.87. The van der Waals surface area contributed by atoms with Crippen LogP contribution in [0.2, 0.25) is 0 Å². The highest BCUT2D eigenvalue weighted by atomic mass is 16.5. The number of nitrogens with zero attached hydrogens (tertiary/aromatic N) is 2. The SMILES string of the molecule is COc1ccc2c3c([nH]c2c1)[C@H](CO)N(C(=O)C1CCOCC1)CC31CCN(C)CC1. The van der Waals surface area contributed by atoms with Crippen LogP contribution in [-0.4, -0.2) is 79.4 Å². The number of nitrogens with one attached hydrogen (secondary N) is 1. The van der Waals surface area contributed by atoms with Gasteiger partial charge in [-0.05, 0) is 63.5 Å². The van der Waals surface area contributed by atoms with Gasteiger partial charge in [-0.3, -0.25) is 4.79 Å². The summed E-state index contributed by atoms with van der Waals surface area (Å²) >= 11 is 0. The van der Waals surface area contributed by atoms with Crippen LogP contribution in [0.15, 0.2) is 18.2 Å². The van der Waals surface area contributed by atoms with Crippen LogP contribution in [0.3, 0.4) is 0 Å². The third-order valence-corrected chi connectivity index (χ3v) is 7.72. The smallest absolute Gasteiger partial charge is 0.226 e. The van der Waals surface area contributed by atoms with Crippen LogP contribution in [0.5, 0.6) is 5.75 Å². The number of likely N-dealkylation sites (tertiary alicyclic amines) is 1. The molecule has 31 heavy (non-hydrogen) atoms. The van der Waals surface area contributed by atoms with Crippen molar-refractivity contribution in [1.82, 2.24) is 14.8 Å². The normalized spacial score (nSPS) is 24.5. The molecule has 0 bridgehead atoms. The number of rotatable bonds is 3. The van der Waals surface area contributed by atoms with Crippen LogP contribution in [-0.2, 0) is 14.9 Å². The molecule has 1 atom stereocenters. The van der Waals surface area contributed by atoms with E-state index < -0.39 is 0 Å². The second kappa shape index (κ2) is 8.11. The molecule has 2 saturated heterocycles. The summed E-state index contributed by atoms with van der Waals surface area (Å²) in [7, 11) is 3.84. The maximum absolute atomic E-state index is 13.7. The number of carbonyl (C=O) groups excluding carboxylic acids is 1. The van der Waals surface area contributed by atoms with Gasteiger partial charge in [0.05, 0.1) is 19.8 Å². The largest absolute Gasteiger partial charge is 0.497 e. The molecule has 1 spiro atoms. The van der Waals surface area contributed by atoms with E-state index in [9.17, 15) is 9.90 Å². The van der Waals surface area contributed by atoms with Gasteiger partial charge in [-0.2, -0.15) is 0 Å². The minimum atomic E-state index is -0.339. The zero-order valence-corrected chi connectivity index (χ0v) is 18.5. The van der Waals surface area contributed by atoms with Gasteiger partial charge >= 0.3 is 0 Å². The molecule has 168 valence electrons. The summed E-state index contributed by atoms with van der Waals surface area (Å²) < 4.78 is 10.9. The predicted molar refractivity (Wildman–Crippen MR) is 118 cm³/mol. The number of hydrogen-bond donors (Lipinski definition) is 2. The van der Waals surface area contributed by atoms with Crippen LogP contribution < -0.4 is 4.74 Å². The summed E-state index contributed by atoms with van der Waals surface area (Å²) in [6.45, 7) is 3.88. The number of carbonyl (C=O) groups is 1. The Morgan fingerprint density at radius 2 is 2.03 bits per heavy atom. The van der Waals surface area contributed by atoms with Gasteiger partial charge in [0, 0.05) is 53.8 Å². The zero-order valence-electron chi connectivity index (χ0n) is 18.5. The molecule has 0 radical (unpaired) electrons. The van der Waals surface area contributed by atoms with E-state index in [4.69, 9.17) is 9.47 Å². The number of aliphatic hydroxyl groups is 1. The van der Waals surface area contributed by atoms with Crippen LogP contribution >= 0.6 is 0 Å². The topological polar surface area (TPSA) is 78.0 Å². The highest BCUT2D eigenvalue weighted by molar-refractivity contribution is 5.89. The number of benzene rings is 1. The lowest BCUT2D eigenvalue weighted by Gasteiger charge is -2.50. The Morgan fingerprint density at radius 3 is 2.71 bits per heavy atom. The van der Waals surface area contributed by atoms with E-state index in [0.717, 1.165) is 55.7 Å². The maximum atomic E-state index is 13.7. The Balaban J connectivity index is 1.62. The Hall–Kier alpha value is -2.09. The van der Waals surface area contributed by atoms with Crippen molar-refractivity contribution in [2.24, 2.45) is 5.92 Å². The van der Waals surface area contributed by atoms with Crippen LogP contribution in [0.4, 0.5) is 0 Å². The summed E-state index contributed by atoms with van der Waals surface area (Å²) in [6, 6.07) is 5.82. The number of aromatic nitrogens is 1. The van der Waals surface area contributed by atoms with E-state index in [1.165, 1.54) is 10.9 Å². The number of H-pyrrole nitrogens is 1. The summed E-state index contributed by atoms with van der Waals surface area (Å²) in [4.78, 5) is 21.6. The second-order valence-electron chi connectivity index (χ2n) is 9.46. The van der Waals surface area contributed by atoms with Crippen LogP contribution in [0.1, 0.15) is 43.0 Å². The van der Waals surface area contributed by atoms with Crippen molar-refractivity contribution >= 4 is 16.8 Å². The number of amides is 1. The number of piperidine rings is 1. The van der Waals surface area contributed by atoms with E-state index in [-0.39, 0.29) is 29.9 Å². The molecule has 4 heterocycles. The first-order chi connectivity index (χ1) is 15.1. The van der Waals surface area contributed by atoms with Gasteiger partial charge in [-0.25, -0.2) is 0 Å². The highest BCUT2D eigenvalue weighted by Gasteiger charge is 2.49. The Labute approximate surface area is 183 Å². The molecule has 7 heteroatoms. The van der Waals surface area contributed by atoms with E-state index >= 15 is 0 Å². The summed E-state index contributed by atoms with van der Waals surface area (Å²) in [5, 5.41) is 11.6. The van der Waals surface area contributed by atoms with E-state index in [1.54, 1.807) is 7.11 Å². The Morgan fingerprint density at radius 1 is 1.29 bits per heavy atom. The lowest BCUT2D eigenvalue weighted by atomic mass is 9.68. The molecule has 2 aromatic rings. The number of hydrogen-bond acceptors (Lipinski definition) is 5. The summed E-state index contributed by atoms with van der Waals surface area (Å²) in [5.74, 6) is 0.957. The fourth-order valence-corrected chi connectivity index (χ4v) is 5.87. The third kappa shape index (κ3) is 3.43. The van der Waals surface area contributed by atoms with Crippen molar-refractivity contribution in [3.05, 3.63) is 29.5 Å². The lowest BCUT2D eigenvalue weighted by Crippen LogP contribution is -2.56. The monoisotopic (exact) mass is 427 g/mol. The number of ether oxygens (including phenoxy) is 2. The molecular formula is C24H33N3O4. The van der Waals surface area contributed by atoms with Crippen molar-refractivity contribution in [2.45, 2.75) is 37.1 Å². The highest BCUT2D eigenvalue weighted by Crippen LogP contribution is 2.49. The molecule has 1 aromatic heterocycles. The molecule has 0 unspecified atom stereocenters. The molecule has 3 aliphatic heterocycles. The molecule has 1 aromatic carbocycles. The van der Waals surface area contributed by atoms with Gasteiger partial charge in [-0.1, -0.05) is 0 Å². The van der Waals surface area contributed by atoms with Gasteiger partial charge in [-0.15, -0.1) is 0 Å². The van der Waals surface area contributed by atoms with Crippen molar-refractivity contribution in [3.8, 4) is 5.75 Å². The summed E-state index contributed by atoms with van der Waals surface area (Å²) in [5.41, 5.74) is 3.22. The summed E-state index contributed by atoms with van der Waals surface area (Å²) in [6.07, 6.45) is 3.54. The first-order valence-electron chi connectivity index (χ1n) is 11.4. The molecular weight excluding hydrogens is 394 g/mol. The third-order valence-electron chi connectivity index (χ3n) is 7.72. The van der Waals surface area contributed by atoms with Crippen LogP contribution in [0, 0.1) is 5.92 Å². The maximum Gasteiger partial charge on any atom is 0.226 e. The quantitative estimate of drug-likeness (QED) is 0.787. The van der Waals surface area contributed by atoms with Crippen molar-refractivity contribution in [1.29, 1.82) is 0 Å². The molecule has 0 aliphatic carbocycles. The number of fused-ring (bicyclic) bond motifs is 4. The predicted octanol–water partition coefficient (Wildman–Crippen LogP) is 2.44. The zero-order chi connectivity index (χ0) is 21.6. The Bertz CT molecular complexity index is 957. The second-order valence-corrected chi connectivity index (χ2v) is 9.46. The first kappa shape index (κ1) is 20.8. The molecule has 2 fully saturated rings. The molecule has 2 N–H and O–H groups in total. The minimum absolute atomic E-state index is 0.0165. The van der Waals surface area contributed by atoms with E-state index in [0.29, 0.717) is 19.8 Å². The average molecular weight is 428 g/mol. The number of aromatic amines is 1. The van der Waals surface area contributed by atoms with Gasteiger partial charge < -0.3 is 29.4 Å². The average Bonchev–Trinajstić information content (AvgIpc) is 3.20. The van der Waals surface area contributed by atoms with Gasteiger partial charge in [0.25, 0.3) is 0 Å². The van der Waals surface area contributed by atoms with Crippen molar-refractivity contribution in [2.75, 3.05) is 53.6 Å². The standard InChI is InChI=1S/C24H33N3O4/c1-26-9-7-24(8-10-26)15-27(23(29)16-5-11-31-12-6-16)20(14-28)22-21(24)18-4-3-17(30-2)13-19(18)25-22/h3-4,13,16,20,25,28H,5-12,14-15H2,1-2H3/t20-/m0/s1. The fraction of sp³-hybridized carbons (Fsp3) is 0.625. The van der Waals surface area contributed by atoms with Gasteiger partial charge in [0.15, 0.2) is 0 Å².